The molecule has 2 aliphatic rings. The zero-order valence-electron chi connectivity index (χ0n) is 20.1. The lowest BCUT2D eigenvalue weighted by Gasteiger charge is -2.41. The minimum absolute atomic E-state index is 0.441. The summed E-state index contributed by atoms with van der Waals surface area (Å²) in [5.41, 5.74) is 4.24. The van der Waals surface area contributed by atoms with Crippen molar-refractivity contribution in [2.45, 2.75) is 51.1 Å². The van der Waals surface area contributed by atoms with Crippen LogP contribution in [0.2, 0.25) is 0 Å². The third kappa shape index (κ3) is 4.03. The molecular weight excluding hydrogens is 426 g/mol. The molecular formula is C25H33N9. The number of aromatic nitrogens is 6. The van der Waals surface area contributed by atoms with Crippen LogP contribution < -0.4 is 5.32 Å². The molecule has 1 aliphatic carbocycles. The lowest BCUT2D eigenvalue weighted by Crippen LogP contribution is -2.50. The highest BCUT2D eigenvalue weighted by molar-refractivity contribution is 5.79. The van der Waals surface area contributed by atoms with Crippen molar-refractivity contribution >= 4 is 17.2 Å². The summed E-state index contributed by atoms with van der Waals surface area (Å²) < 4.78 is 3.98. The number of hydrogen-bond acceptors (Lipinski definition) is 7. The molecule has 34 heavy (non-hydrogen) atoms. The average Bonchev–Trinajstić information content (AvgIpc) is 3.48. The van der Waals surface area contributed by atoms with Gasteiger partial charge in [0.2, 0.25) is 11.7 Å². The Labute approximate surface area is 199 Å². The Morgan fingerprint density at radius 2 is 1.76 bits per heavy atom. The van der Waals surface area contributed by atoms with Crippen LogP contribution in [0.25, 0.3) is 22.4 Å². The van der Waals surface area contributed by atoms with Crippen molar-refractivity contribution in [3.05, 3.63) is 42.7 Å². The maximum atomic E-state index is 4.76. The largest absolute Gasteiger partial charge is 0.350 e. The van der Waals surface area contributed by atoms with Crippen LogP contribution in [0, 0.1) is 0 Å². The number of piperazine rings is 1. The quantitative estimate of drug-likeness (QED) is 0.492. The molecule has 0 bridgehead atoms. The molecule has 1 N–H and O–H groups in total. The summed E-state index contributed by atoms with van der Waals surface area (Å²) >= 11 is 0. The molecule has 1 aliphatic heterocycles. The summed E-state index contributed by atoms with van der Waals surface area (Å²) in [5, 5.41) is 8.35. The molecule has 0 atom stereocenters. The first-order valence-corrected chi connectivity index (χ1v) is 12.5. The first-order chi connectivity index (χ1) is 16.7. The zero-order valence-corrected chi connectivity index (χ0v) is 20.1. The van der Waals surface area contributed by atoms with Gasteiger partial charge in [-0.15, -0.1) is 5.10 Å². The highest BCUT2D eigenvalue weighted by Gasteiger charge is 2.28. The van der Waals surface area contributed by atoms with E-state index in [1.54, 1.807) is 0 Å². The molecule has 5 heterocycles. The molecule has 6 rings (SSSR count). The van der Waals surface area contributed by atoms with E-state index in [1.807, 2.05) is 29.3 Å². The summed E-state index contributed by atoms with van der Waals surface area (Å²) in [5.74, 6) is 1.43. The van der Waals surface area contributed by atoms with Gasteiger partial charge >= 0.3 is 0 Å². The van der Waals surface area contributed by atoms with E-state index in [4.69, 9.17) is 5.10 Å². The number of likely N-dealkylation sites (N-methyl/N-ethyl adjacent to an activating group) is 1. The van der Waals surface area contributed by atoms with E-state index in [2.05, 4.69) is 60.7 Å². The van der Waals surface area contributed by atoms with Crippen molar-refractivity contribution < 1.29 is 0 Å². The molecule has 0 unspecified atom stereocenters. The topological polar surface area (TPSA) is 78.9 Å². The monoisotopic (exact) mass is 459 g/mol. The highest BCUT2D eigenvalue weighted by Crippen LogP contribution is 2.27. The maximum Gasteiger partial charge on any atom is 0.241 e. The summed E-state index contributed by atoms with van der Waals surface area (Å²) in [6.45, 7) is 6.93. The van der Waals surface area contributed by atoms with Gasteiger partial charge in [-0.2, -0.15) is 0 Å². The first kappa shape index (κ1) is 21.5. The van der Waals surface area contributed by atoms with Crippen molar-refractivity contribution in [3.63, 3.8) is 0 Å². The third-order valence-electron chi connectivity index (χ3n) is 7.62. The van der Waals surface area contributed by atoms with Crippen LogP contribution in [-0.2, 0) is 6.42 Å². The third-order valence-corrected chi connectivity index (χ3v) is 7.62. The second-order valence-corrected chi connectivity index (χ2v) is 9.75. The van der Waals surface area contributed by atoms with E-state index in [-0.39, 0.29) is 0 Å². The van der Waals surface area contributed by atoms with E-state index >= 15 is 0 Å². The fourth-order valence-electron chi connectivity index (χ4n) is 5.49. The van der Waals surface area contributed by atoms with Gasteiger partial charge in [0.25, 0.3) is 0 Å². The molecule has 0 amide bonds. The fraction of sp³-hybridized carbons (Fsp3) is 0.520. The summed E-state index contributed by atoms with van der Waals surface area (Å²) in [7, 11) is 2.22. The van der Waals surface area contributed by atoms with Crippen molar-refractivity contribution in [3.8, 4) is 11.1 Å². The van der Waals surface area contributed by atoms with Crippen molar-refractivity contribution in [2.75, 3.05) is 38.5 Å². The van der Waals surface area contributed by atoms with Gasteiger partial charge in [0.1, 0.15) is 0 Å². The molecule has 0 radical (unpaired) electrons. The van der Waals surface area contributed by atoms with Gasteiger partial charge in [0.05, 0.1) is 17.9 Å². The Morgan fingerprint density at radius 1 is 0.971 bits per heavy atom. The van der Waals surface area contributed by atoms with Gasteiger partial charge in [0.15, 0.2) is 0 Å². The van der Waals surface area contributed by atoms with Gasteiger partial charge in [-0.3, -0.25) is 9.30 Å². The molecule has 9 nitrogen and oxygen atoms in total. The minimum atomic E-state index is 0.441. The average molecular weight is 460 g/mol. The number of imidazole rings is 1. The lowest BCUT2D eigenvalue weighted by molar-refractivity contribution is 0.0893. The van der Waals surface area contributed by atoms with E-state index in [0.717, 1.165) is 40.6 Å². The Hall–Kier alpha value is -3.04. The molecule has 178 valence electrons. The van der Waals surface area contributed by atoms with Crippen LogP contribution in [-0.4, -0.2) is 84.1 Å². The van der Waals surface area contributed by atoms with Gasteiger partial charge in [0, 0.05) is 73.7 Å². The minimum Gasteiger partial charge on any atom is -0.350 e. The summed E-state index contributed by atoms with van der Waals surface area (Å²) in [6, 6.07) is 3.26. The highest BCUT2D eigenvalue weighted by atomic mass is 15.3. The van der Waals surface area contributed by atoms with Crippen molar-refractivity contribution in [1.29, 1.82) is 0 Å². The summed E-state index contributed by atoms with van der Waals surface area (Å²) in [4.78, 5) is 18.7. The van der Waals surface area contributed by atoms with Gasteiger partial charge in [-0.05, 0) is 45.2 Å². The Kier molecular flexibility index (Phi) is 5.66. The fourth-order valence-corrected chi connectivity index (χ4v) is 5.49. The molecule has 0 aromatic carbocycles. The standard InChI is InChI=1S/C25H33N9/c1-3-20-15-28-25-27-14-18(17-33(20)25)22-8-9-34-23(22)16-26-24(30-34)29-19-4-6-21(7-5-19)32-12-10-31(2)11-13-32/h8-9,14-17,19,21H,3-7,10-13H2,1-2H3,(H,29,30)/t19-,21-. The van der Waals surface area contributed by atoms with E-state index in [0.29, 0.717) is 12.0 Å². The maximum absolute atomic E-state index is 4.76. The smallest absolute Gasteiger partial charge is 0.241 e. The molecule has 4 aromatic heterocycles. The zero-order chi connectivity index (χ0) is 23.1. The van der Waals surface area contributed by atoms with Crippen LogP contribution in [0.5, 0.6) is 0 Å². The second-order valence-electron chi connectivity index (χ2n) is 9.75. The predicted molar refractivity (Wildman–Crippen MR) is 133 cm³/mol. The normalized spacial score (nSPS) is 22.5. The summed E-state index contributed by atoms with van der Waals surface area (Å²) in [6.07, 6.45) is 15.6. The number of aryl methyl sites for hydroxylation is 1. The Bertz CT molecular complexity index is 1280. The Morgan fingerprint density at radius 3 is 2.56 bits per heavy atom. The van der Waals surface area contributed by atoms with Gasteiger partial charge < -0.3 is 10.2 Å². The molecule has 2 fully saturated rings. The predicted octanol–water partition coefficient (Wildman–Crippen LogP) is 2.97. The van der Waals surface area contributed by atoms with E-state index in [9.17, 15) is 0 Å². The number of nitrogens with one attached hydrogen (secondary N) is 1. The van der Waals surface area contributed by atoms with Crippen LogP contribution in [0.1, 0.15) is 38.3 Å². The van der Waals surface area contributed by atoms with E-state index in [1.165, 1.54) is 51.9 Å². The molecule has 9 heteroatoms. The van der Waals surface area contributed by atoms with Crippen LogP contribution in [0.15, 0.2) is 37.1 Å². The number of fused-ring (bicyclic) bond motifs is 2. The van der Waals surface area contributed by atoms with Crippen molar-refractivity contribution in [2.24, 2.45) is 0 Å². The lowest BCUT2D eigenvalue weighted by atomic mass is 9.90. The Balaban J connectivity index is 1.14. The number of rotatable bonds is 5. The van der Waals surface area contributed by atoms with Crippen LogP contribution in [0.3, 0.4) is 0 Å². The van der Waals surface area contributed by atoms with Gasteiger partial charge in [-0.25, -0.2) is 19.5 Å². The second kappa shape index (κ2) is 8.96. The first-order valence-electron chi connectivity index (χ1n) is 12.5. The SMILES string of the molecule is CCc1cnc2ncc(-c3ccn4nc(N[C@H]5CC[C@H](N6CCN(C)CC6)CC5)ncc34)cn12. The number of nitrogens with zero attached hydrogens (tertiary/aromatic N) is 8. The van der Waals surface area contributed by atoms with Crippen molar-refractivity contribution in [1.82, 2.24) is 38.8 Å². The van der Waals surface area contributed by atoms with Crippen LogP contribution in [0.4, 0.5) is 5.95 Å². The molecule has 0 spiro atoms. The number of hydrogen-bond donors (Lipinski definition) is 1. The van der Waals surface area contributed by atoms with E-state index < -0.39 is 0 Å². The number of anilines is 1. The molecule has 4 aromatic rings. The van der Waals surface area contributed by atoms with Gasteiger partial charge in [-0.1, -0.05) is 6.92 Å². The molecule has 1 saturated carbocycles. The molecule has 1 saturated heterocycles. The van der Waals surface area contributed by atoms with Crippen LogP contribution >= 0.6 is 0 Å².